The van der Waals surface area contributed by atoms with Crippen LogP contribution in [0.3, 0.4) is 0 Å². The second-order valence-corrected chi connectivity index (χ2v) is 6.72. The number of aromatic nitrogens is 2. The monoisotopic (exact) mass is 344 g/mol. The zero-order chi connectivity index (χ0) is 15.6. The minimum atomic E-state index is -0.536. The van der Waals surface area contributed by atoms with Crippen LogP contribution in [0.4, 0.5) is 0 Å². The highest BCUT2D eigenvalue weighted by molar-refractivity contribution is 7.15. The van der Waals surface area contributed by atoms with Crippen molar-refractivity contribution in [2.24, 2.45) is 11.7 Å². The predicted octanol–water partition coefficient (Wildman–Crippen LogP) is 1.67. The maximum atomic E-state index is 12.4. The number of amides is 1. The fourth-order valence-electron chi connectivity index (χ4n) is 2.41. The van der Waals surface area contributed by atoms with Gasteiger partial charge in [-0.1, -0.05) is 13.8 Å². The molecule has 0 saturated heterocycles. The number of hydrogen-bond acceptors (Lipinski definition) is 5. The molecule has 122 valence electrons. The summed E-state index contributed by atoms with van der Waals surface area (Å²) < 4.78 is 1.38. The molecular formula is C14H21ClN4O2S. The van der Waals surface area contributed by atoms with Crippen molar-refractivity contribution in [3.8, 4) is 0 Å². The van der Waals surface area contributed by atoms with Crippen LogP contribution in [0, 0.1) is 5.92 Å². The van der Waals surface area contributed by atoms with E-state index in [-0.39, 0.29) is 23.5 Å². The predicted molar refractivity (Wildman–Crippen MR) is 91.0 cm³/mol. The summed E-state index contributed by atoms with van der Waals surface area (Å²) in [6.45, 7) is 6.33. The fraction of sp³-hybridized carbons (Fsp3) is 0.500. The van der Waals surface area contributed by atoms with Gasteiger partial charge < -0.3 is 11.1 Å². The third-order valence-corrected chi connectivity index (χ3v) is 4.08. The Kier molecular flexibility index (Phi) is 6.10. The zero-order valence-corrected chi connectivity index (χ0v) is 14.5. The highest BCUT2D eigenvalue weighted by Gasteiger charge is 2.27. The summed E-state index contributed by atoms with van der Waals surface area (Å²) >= 11 is 1.35. The number of halogens is 1. The van der Waals surface area contributed by atoms with Gasteiger partial charge in [0, 0.05) is 29.9 Å². The third kappa shape index (κ3) is 3.85. The lowest BCUT2D eigenvalue weighted by molar-refractivity contribution is 0.0896. The first kappa shape index (κ1) is 18.6. The molecule has 2 aromatic heterocycles. The Morgan fingerprint density at radius 2 is 2.23 bits per heavy atom. The third-order valence-electron chi connectivity index (χ3n) is 3.31. The summed E-state index contributed by atoms with van der Waals surface area (Å²) in [5, 5.41) is 4.63. The van der Waals surface area contributed by atoms with Crippen molar-refractivity contribution in [1.82, 2.24) is 14.7 Å². The Morgan fingerprint density at radius 3 is 2.82 bits per heavy atom. The quantitative estimate of drug-likeness (QED) is 0.863. The van der Waals surface area contributed by atoms with Crippen molar-refractivity contribution < 1.29 is 4.79 Å². The van der Waals surface area contributed by atoms with E-state index in [0.717, 1.165) is 6.42 Å². The van der Waals surface area contributed by atoms with E-state index in [1.54, 1.807) is 11.6 Å². The van der Waals surface area contributed by atoms with Crippen LogP contribution in [-0.2, 0) is 0 Å². The van der Waals surface area contributed by atoms with E-state index < -0.39 is 11.4 Å². The lowest BCUT2D eigenvalue weighted by Crippen LogP contribution is -2.53. The first-order valence-electron chi connectivity index (χ1n) is 6.84. The van der Waals surface area contributed by atoms with Crippen LogP contribution in [0.15, 0.2) is 22.6 Å². The van der Waals surface area contributed by atoms with E-state index >= 15 is 0 Å². The number of rotatable bonds is 5. The Hall–Kier alpha value is -1.44. The Bertz CT molecular complexity index is 712. The van der Waals surface area contributed by atoms with Crippen molar-refractivity contribution in [3.05, 3.63) is 33.7 Å². The number of nitrogens with one attached hydrogen (secondary N) is 1. The topological polar surface area (TPSA) is 89.5 Å². The molecule has 1 atom stereocenters. The molecule has 0 spiro atoms. The first-order valence-corrected chi connectivity index (χ1v) is 7.72. The van der Waals surface area contributed by atoms with E-state index in [4.69, 9.17) is 5.73 Å². The summed E-state index contributed by atoms with van der Waals surface area (Å²) in [4.78, 5) is 29.3. The van der Waals surface area contributed by atoms with Gasteiger partial charge in [-0.15, -0.1) is 23.7 Å². The van der Waals surface area contributed by atoms with Crippen LogP contribution in [0.25, 0.3) is 4.96 Å². The van der Waals surface area contributed by atoms with E-state index in [0.29, 0.717) is 17.4 Å². The molecule has 6 nitrogen and oxygen atoms in total. The zero-order valence-electron chi connectivity index (χ0n) is 12.8. The van der Waals surface area contributed by atoms with Gasteiger partial charge in [0.15, 0.2) is 4.96 Å². The van der Waals surface area contributed by atoms with Crippen LogP contribution >= 0.6 is 23.7 Å². The van der Waals surface area contributed by atoms with Crippen LogP contribution in [0.5, 0.6) is 0 Å². The van der Waals surface area contributed by atoms with Gasteiger partial charge in [0.05, 0.1) is 0 Å². The van der Waals surface area contributed by atoms with Crippen molar-refractivity contribution in [3.63, 3.8) is 0 Å². The standard InChI is InChI=1S/C14H20N4O2S.ClH/c1-9(2)6-14(3,8-15)17-11(19)10-7-16-13-18(12(10)20)4-5-21-13;/h4-5,7,9H,6,8,15H2,1-3H3,(H,17,19);1H. The van der Waals surface area contributed by atoms with Crippen LogP contribution in [-0.4, -0.2) is 27.4 Å². The van der Waals surface area contributed by atoms with E-state index in [1.165, 1.54) is 21.9 Å². The number of nitrogens with zero attached hydrogens (tertiary/aromatic N) is 2. The lowest BCUT2D eigenvalue weighted by Gasteiger charge is -2.31. The first-order chi connectivity index (χ1) is 9.86. The summed E-state index contributed by atoms with van der Waals surface area (Å²) in [5.41, 5.74) is 4.92. The van der Waals surface area contributed by atoms with Gasteiger partial charge in [-0.3, -0.25) is 14.0 Å². The SMILES string of the molecule is CC(C)CC(C)(CN)NC(=O)c1cnc2sccn2c1=O.Cl. The fourth-order valence-corrected chi connectivity index (χ4v) is 3.08. The Balaban J connectivity index is 0.00000242. The lowest BCUT2D eigenvalue weighted by atomic mass is 9.90. The summed E-state index contributed by atoms with van der Waals surface area (Å²) in [6, 6.07) is 0. The number of nitrogens with two attached hydrogens (primary N) is 1. The smallest absolute Gasteiger partial charge is 0.271 e. The second-order valence-electron chi connectivity index (χ2n) is 5.85. The molecule has 0 fully saturated rings. The van der Waals surface area contributed by atoms with Crippen LogP contribution in [0.2, 0.25) is 0 Å². The van der Waals surface area contributed by atoms with E-state index in [2.05, 4.69) is 24.1 Å². The minimum Gasteiger partial charge on any atom is -0.345 e. The molecular weight excluding hydrogens is 324 g/mol. The molecule has 8 heteroatoms. The number of hydrogen-bond donors (Lipinski definition) is 2. The number of carbonyl (C=O) groups excluding carboxylic acids is 1. The van der Waals surface area contributed by atoms with Gasteiger partial charge in [0.2, 0.25) is 0 Å². The molecule has 1 unspecified atom stereocenters. The molecule has 0 saturated carbocycles. The molecule has 0 aliphatic carbocycles. The molecule has 2 heterocycles. The van der Waals surface area contributed by atoms with Gasteiger partial charge in [0.25, 0.3) is 11.5 Å². The van der Waals surface area contributed by atoms with Crippen molar-refractivity contribution in [1.29, 1.82) is 0 Å². The number of carbonyl (C=O) groups is 1. The molecule has 0 aliphatic heterocycles. The van der Waals surface area contributed by atoms with Gasteiger partial charge in [-0.25, -0.2) is 4.98 Å². The maximum Gasteiger partial charge on any atom is 0.271 e. The minimum absolute atomic E-state index is 0. The molecule has 2 rings (SSSR count). The summed E-state index contributed by atoms with van der Waals surface area (Å²) in [5.74, 6) is -0.0425. The highest BCUT2D eigenvalue weighted by Crippen LogP contribution is 2.16. The summed E-state index contributed by atoms with van der Waals surface area (Å²) in [6.07, 6.45) is 3.68. The molecule has 0 aliphatic rings. The normalized spacial score (nSPS) is 13.7. The largest absolute Gasteiger partial charge is 0.345 e. The number of thiazole rings is 1. The van der Waals surface area contributed by atoms with Crippen molar-refractivity contribution in [2.75, 3.05) is 6.54 Å². The highest BCUT2D eigenvalue weighted by atomic mass is 35.5. The second kappa shape index (κ2) is 7.21. The van der Waals surface area contributed by atoms with Gasteiger partial charge in [-0.05, 0) is 19.3 Å². The molecule has 22 heavy (non-hydrogen) atoms. The van der Waals surface area contributed by atoms with Gasteiger partial charge >= 0.3 is 0 Å². The van der Waals surface area contributed by atoms with Crippen LogP contribution < -0.4 is 16.6 Å². The Labute approximate surface area is 139 Å². The Morgan fingerprint density at radius 1 is 1.55 bits per heavy atom. The maximum absolute atomic E-state index is 12.4. The average Bonchev–Trinajstić information content (AvgIpc) is 2.87. The summed E-state index contributed by atoms with van der Waals surface area (Å²) in [7, 11) is 0. The molecule has 0 radical (unpaired) electrons. The number of fused-ring (bicyclic) bond motifs is 1. The molecule has 2 aromatic rings. The van der Waals surface area contributed by atoms with Crippen molar-refractivity contribution in [2.45, 2.75) is 32.7 Å². The van der Waals surface area contributed by atoms with E-state index in [9.17, 15) is 9.59 Å². The molecule has 1 amide bonds. The van der Waals surface area contributed by atoms with Crippen molar-refractivity contribution >= 4 is 34.6 Å². The molecule has 3 N–H and O–H groups in total. The molecule has 0 aromatic carbocycles. The van der Waals surface area contributed by atoms with Gasteiger partial charge in [-0.2, -0.15) is 0 Å². The average molecular weight is 345 g/mol. The molecule has 0 bridgehead atoms. The van der Waals surface area contributed by atoms with Crippen LogP contribution in [0.1, 0.15) is 37.6 Å². The van der Waals surface area contributed by atoms with E-state index in [1.807, 2.05) is 6.92 Å². The van der Waals surface area contributed by atoms with Gasteiger partial charge in [0.1, 0.15) is 5.56 Å².